The number of anilines is 1. The lowest BCUT2D eigenvalue weighted by molar-refractivity contribution is -0.137. The lowest BCUT2D eigenvalue weighted by Crippen LogP contribution is -2.23. The van der Waals surface area contributed by atoms with Crippen LogP contribution in [0.2, 0.25) is 5.02 Å². The fraction of sp³-hybridized carbons (Fsp3) is 0.417. The largest absolute Gasteiger partial charge is 0.416 e. The molecular formula is C12H15ClF3N3. The zero-order valence-corrected chi connectivity index (χ0v) is 11.3. The minimum absolute atomic E-state index is 0.0579. The van der Waals surface area contributed by atoms with Gasteiger partial charge in [-0.05, 0) is 24.1 Å². The molecule has 1 aromatic rings. The maximum atomic E-state index is 12.4. The highest BCUT2D eigenvalue weighted by atomic mass is 35.5. The molecule has 106 valence electrons. The summed E-state index contributed by atoms with van der Waals surface area (Å²) in [5.74, 6) is 0.457. The number of guanidine groups is 1. The number of hydrogen-bond acceptors (Lipinski definition) is 1. The maximum absolute atomic E-state index is 12.4. The van der Waals surface area contributed by atoms with Gasteiger partial charge in [0.15, 0.2) is 5.96 Å². The highest BCUT2D eigenvalue weighted by Crippen LogP contribution is 2.33. The second-order valence-corrected chi connectivity index (χ2v) is 4.84. The van der Waals surface area contributed by atoms with E-state index in [2.05, 4.69) is 10.3 Å². The molecule has 0 radical (unpaired) electrons. The van der Waals surface area contributed by atoms with Gasteiger partial charge in [0.1, 0.15) is 0 Å². The van der Waals surface area contributed by atoms with Crippen molar-refractivity contribution in [3.05, 3.63) is 28.8 Å². The van der Waals surface area contributed by atoms with Gasteiger partial charge in [-0.1, -0.05) is 25.4 Å². The van der Waals surface area contributed by atoms with E-state index in [0.717, 1.165) is 12.1 Å². The third kappa shape index (κ3) is 4.98. The molecule has 0 saturated heterocycles. The van der Waals surface area contributed by atoms with E-state index in [1.807, 2.05) is 13.8 Å². The Hall–Kier alpha value is -1.43. The van der Waals surface area contributed by atoms with Crippen LogP contribution in [-0.4, -0.2) is 12.5 Å². The minimum Gasteiger partial charge on any atom is -0.370 e. The monoisotopic (exact) mass is 293 g/mol. The normalized spacial score (nSPS) is 12.9. The summed E-state index contributed by atoms with van der Waals surface area (Å²) >= 11 is 5.77. The predicted molar refractivity (Wildman–Crippen MR) is 71.4 cm³/mol. The number of aliphatic imine (C=N–C) groups is 1. The third-order valence-corrected chi connectivity index (χ3v) is 2.50. The van der Waals surface area contributed by atoms with Gasteiger partial charge >= 0.3 is 6.18 Å². The topological polar surface area (TPSA) is 50.4 Å². The van der Waals surface area contributed by atoms with E-state index < -0.39 is 11.7 Å². The summed E-state index contributed by atoms with van der Waals surface area (Å²) in [5.41, 5.74) is 5.09. The second kappa shape index (κ2) is 6.14. The van der Waals surface area contributed by atoms with Crippen LogP contribution < -0.4 is 11.1 Å². The molecule has 0 unspecified atom stereocenters. The molecule has 0 amide bonds. The maximum Gasteiger partial charge on any atom is 0.416 e. The number of alkyl halides is 3. The molecule has 7 heteroatoms. The molecule has 0 aromatic heterocycles. The van der Waals surface area contributed by atoms with Crippen molar-refractivity contribution < 1.29 is 13.2 Å². The first kappa shape index (κ1) is 15.6. The first-order valence-corrected chi connectivity index (χ1v) is 6.01. The Morgan fingerprint density at radius 2 is 2.05 bits per heavy atom. The molecule has 0 aliphatic heterocycles. The van der Waals surface area contributed by atoms with E-state index in [1.165, 1.54) is 6.07 Å². The van der Waals surface area contributed by atoms with Gasteiger partial charge in [-0.15, -0.1) is 0 Å². The molecule has 0 aliphatic rings. The van der Waals surface area contributed by atoms with Crippen molar-refractivity contribution in [2.24, 2.45) is 16.6 Å². The van der Waals surface area contributed by atoms with Crippen LogP contribution in [0.25, 0.3) is 0 Å². The first-order chi connectivity index (χ1) is 8.70. The van der Waals surface area contributed by atoms with Gasteiger partial charge in [0.05, 0.1) is 16.3 Å². The highest BCUT2D eigenvalue weighted by molar-refractivity contribution is 6.33. The Kier molecular flexibility index (Phi) is 5.05. The summed E-state index contributed by atoms with van der Waals surface area (Å²) in [6.45, 7) is 4.47. The number of halogens is 4. The Bertz CT molecular complexity index is 470. The van der Waals surface area contributed by atoms with Crippen LogP contribution >= 0.6 is 11.6 Å². The van der Waals surface area contributed by atoms with Gasteiger partial charge in [-0.2, -0.15) is 13.2 Å². The average Bonchev–Trinajstić information content (AvgIpc) is 2.27. The molecule has 1 aromatic carbocycles. The summed E-state index contributed by atoms with van der Waals surface area (Å²) < 4.78 is 37.3. The number of hydrogen-bond donors (Lipinski definition) is 2. The molecule has 0 heterocycles. The van der Waals surface area contributed by atoms with E-state index in [4.69, 9.17) is 17.3 Å². The van der Waals surface area contributed by atoms with Crippen molar-refractivity contribution in [1.29, 1.82) is 0 Å². The molecule has 0 aliphatic carbocycles. The molecule has 3 nitrogen and oxygen atoms in total. The fourth-order valence-electron chi connectivity index (χ4n) is 1.25. The van der Waals surface area contributed by atoms with Crippen LogP contribution in [0.5, 0.6) is 0 Å². The van der Waals surface area contributed by atoms with Crippen LogP contribution in [-0.2, 0) is 6.18 Å². The van der Waals surface area contributed by atoms with Gasteiger partial charge in [-0.25, -0.2) is 0 Å². The van der Waals surface area contributed by atoms with Crippen molar-refractivity contribution in [3.8, 4) is 0 Å². The van der Waals surface area contributed by atoms with Crippen LogP contribution in [0.4, 0.5) is 18.9 Å². The molecule has 0 saturated carbocycles. The SMILES string of the molecule is CC(C)CN=C(N)Nc1ccc(C(F)(F)F)cc1Cl. The molecule has 19 heavy (non-hydrogen) atoms. The Morgan fingerprint density at radius 1 is 1.42 bits per heavy atom. The number of nitrogens with one attached hydrogen (secondary N) is 1. The van der Waals surface area contributed by atoms with Crippen LogP contribution in [0.15, 0.2) is 23.2 Å². The van der Waals surface area contributed by atoms with E-state index in [-0.39, 0.29) is 11.0 Å². The molecular weight excluding hydrogens is 279 g/mol. The van der Waals surface area contributed by atoms with Gasteiger partial charge in [0.25, 0.3) is 0 Å². The highest BCUT2D eigenvalue weighted by Gasteiger charge is 2.30. The van der Waals surface area contributed by atoms with E-state index >= 15 is 0 Å². The third-order valence-electron chi connectivity index (χ3n) is 2.19. The molecule has 0 bridgehead atoms. The number of nitrogens with two attached hydrogens (primary N) is 1. The summed E-state index contributed by atoms with van der Waals surface area (Å²) in [5, 5.41) is 2.61. The van der Waals surface area contributed by atoms with Crippen molar-refractivity contribution in [2.45, 2.75) is 20.0 Å². The molecule has 0 atom stereocenters. The Morgan fingerprint density at radius 3 is 2.53 bits per heavy atom. The predicted octanol–water partition coefficient (Wildman–Crippen LogP) is 3.74. The number of rotatable bonds is 3. The lowest BCUT2D eigenvalue weighted by Gasteiger charge is -2.11. The van der Waals surface area contributed by atoms with Gasteiger partial charge in [0.2, 0.25) is 0 Å². The summed E-state index contributed by atoms with van der Waals surface area (Å²) in [6.07, 6.45) is -4.42. The first-order valence-electron chi connectivity index (χ1n) is 5.64. The summed E-state index contributed by atoms with van der Waals surface area (Å²) in [6, 6.07) is 3.01. The van der Waals surface area contributed by atoms with E-state index in [9.17, 15) is 13.2 Å². The van der Waals surface area contributed by atoms with Crippen molar-refractivity contribution in [1.82, 2.24) is 0 Å². The molecule has 0 fully saturated rings. The number of benzene rings is 1. The standard InChI is InChI=1S/C12H15ClF3N3/c1-7(2)6-18-11(17)19-10-4-3-8(5-9(10)13)12(14,15)16/h3-5,7H,6H2,1-2H3,(H3,17,18,19). The van der Waals surface area contributed by atoms with Crippen LogP contribution in [0, 0.1) is 5.92 Å². The Labute approximate surface area is 114 Å². The quantitative estimate of drug-likeness (QED) is 0.659. The van der Waals surface area contributed by atoms with Crippen LogP contribution in [0.3, 0.4) is 0 Å². The zero-order chi connectivity index (χ0) is 14.6. The lowest BCUT2D eigenvalue weighted by atomic mass is 10.2. The van der Waals surface area contributed by atoms with Gasteiger partial charge in [0, 0.05) is 6.54 Å². The average molecular weight is 294 g/mol. The van der Waals surface area contributed by atoms with Crippen molar-refractivity contribution in [3.63, 3.8) is 0 Å². The van der Waals surface area contributed by atoms with Gasteiger partial charge in [-0.3, -0.25) is 4.99 Å². The second-order valence-electron chi connectivity index (χ2n) is 4.44. The van der Waals surface area contributed by atoms with E-state index in [1.54, 1.807) is 0 Å². The Balaban J connectivity index is 2.84. The van der Waals surface area contributed by atoms with Crippen molar-refractivity contribution in [2.75, 3.05) is 11.9 Å². The minimum atomic E-state index is -4.42. The zero-order valence-electron chi connectivity index (χ0n) is 10.6. The van der Waals surface area contributed by atoms with E-state index in [0.29, 0.717) is 18.2 Å². The fourth-order valence-corrected chi connectivity index (χ4v) is 1.48. The smallest absolute Gasteiger partial charge is 0.370 e. The van der Waals surface area contributed by atoms with Gasteiger partial charge < -0.3 is 11.1 Å². The molecule has 1 rings (SSSR count). The summed E-state index contributed by atoms with van der Waals surface area (Å²) in [4.78, 5) is 4.03. The summed E-state index contributed by atoms with van der Waals surface area (Å²) in [7, 11) is 0. The van der Waals surface area contributed by atoms with Crippen LogP contribution in [0.1, 0.15) is 19.4 Å². The molecule has 3 N–H and O–H groups in total. The number of nitrogens with zero attached hydrogens (tertiary/aromatic N) is 1. The van der Waals surface area contributed by atoms with Crippen molar-refractivity contribution >= 4 is 23.2 Å². The molecule has 0 spiro atoms.